The molecule has 3 aromatic heterocycles. The summed E-state index contributed by atoms with van der Waals surface area (Å²) in [6.07, 6.45) is 0. The Hall–Kier alpha value is -8.41. The standard InChI is InChI=1S/C57H36N4O/c1-5-17-37(18-6-1)41-29-42(32-45(31-41)57-59-55(39-21-9-3-10-22-39)58-56(60-57)40-23-11-4-12-24-40)44-30-43(38-19-7-2-8-20-38)33-46(34-44)61-51-27-15-13-25-47(51)49-36-54-50(35-52(49)61)48-26-14-16-28-53(48)62-54/h1-36H. The van der Waals surface area contributed by atoms with Crippen molar-refractivity contribution in [2.75, 3.05) is 0 Å². The molecule has 0 spiro atoms. The minimum atomic E-state index is 0.606. The molecule has 290 valence electrons. The van der Waals surface area contributed by atoms with E-state index in [4.69, 9.17) is 19.4 Å². The number of nitrogens with zero attached hydrogens (tertiary/aromatic N) is 4. The van der Waals surface area contributed by atoms with Gasteiger partial charge in [0, 0.05) is 43.9 Å². The van der Waals surface area contributed by atoms with Crippen molar-refractivity contribution in [2.24, 2.45) is 0 Å². The molecule has 0 aliphatic heterocycles. The van der Waals surface area contributed by atoms with Crippen LogP contribution in [-0.4, -0.2) is 19.5 Å². The van der Waals surface area contributed by atoms with Crippen LogP contribution in [0, 0.1) is 0 Å². The highest BCUT2D eigenvalue weighted by Gasteiger charge is 2.19. The first-order valence-corrected chi connectivity index (χ1v) is 20.8. The number of hydrogen-bond acceptors (Lipinski definition) is 4. The minimum absolute atomic E-state index is 0.606. The predicted octanol–water partition coefficient (Wildman–Crippen LogP) is 14.9. The molecule has 0 saturated heterocycles. The average Bonchev–Trinajstić information content (AvgIpc) is 3.88. The second kappa shape index (κ2) is 14.7. The maximum absolute atomic E-state index is 6.42. The second-order valence-electron chi connectivity index (χ2n) is 15.7. The van der Waals surface area contributed by atoms with Gasteiger partial charge in [0.05, 0.1) is 11.0 Å². The predicted molar refractivity (Wildman–Crippen MR) is 254 cm³/mol. The van der Waals surface area contributed by atoms with Crippen LogP contribution in [0.3, 0.4) is 0 Å². The van der Waals surface area contributed by atoms with Crippen LogP contribution < -0.4 is 0 Å². The van der Waals surface area contributed by atoms with Crippen molar-refractivity contribution < 1.29 is 4.42 Å². The second-order valence-corrected chi connectivity index (χ2v) is 15.7. The molecule has 0 aliphatic carbocycles. The summed E-state index contributed by atoms with van der Waals surface area (Å²) in [4.78, 5) is 15.3. The van der Waals surface area contributed by atoms with E-state index >= 15 is 0 Å². The maximum atomic E-state index is 6.42. The molecule has 9 aromatic carbocycles. The fourth-order valence-electron chi connectivity index (χ4n) is 8.83. The molecule has 5 heteroatoms. The van der Waals surface area contributed by atoms with E-state index in [1.807, 2.05) is 72.8 Å². The Bertz CT molecular complexity index is 3560. The smallest absolute Gasteiger partial charge is 0.164 e. The third-order valence-corrected chi connectivity index (χ3v) is 11.8. The fourth-order valence-corrected chi connectivity index (χ4v) is 8.83. The highest BCUT2D eigenvalue weighted by atomic mass is 16.3. The van der Waals surface area contributed by atoms with Crippen molar-refractivity contribution in [3.63, 3.8) is 0 Å². The van der Waals surface area contributed by atoms with Gasteiger partial charge in [-0.05, 0) is 94.0 Å². The lowest BCUT2D eigenvalue weighted by Gasteiger charge is -2.16. The van der Waals surface area contributed by atoms with Gasteiger partial charge in [0.1, 0.15) is 11.2 Å². The normalized spacial score (nSPS) is 11.5. The Labute approximate surface area is 357 Å². The van der Waals surface area contributed by atoms with Gasteiger partial charge in [-0.15, -0.1) is 0 Å². The van der Waals surface area contributed by atoms with Crippen LogP contribution in [-0.2, 0) is 0 Å². The molecule has 0 saturated carbocycles. The molecule has 0 N–H and O–H groups in total. The number of benzene rings is 9. The average molecular weight is 793 g/mol. The summed E-state index contributed by atoms with van der Waals surface area (Å²) in [5.74, 6) is 1.86. The zero-order valence-corrected chi connectivity index (χ0v) is 33.5. The number of aromatic nitrogens is 4. The van der Waals surface area contributed by atoms with Crippen molar-refractivity contribution in [1.82, 2.24) is 19.5 Å². The van der Waals surface area contributed by atoms with Crippen LogP contribution in [0.4, 0.5) is 0 Å². The minimum Gasteiger partial charge on any atom is -0.456 e. The molecule has 5 nitrogen and oxygen atoms in total. The van der Waals surface area contributed by atoms with Crippen LogP contribution in [0.1, 0.15) is 0 Å². The molecular weight excluding hydrogens is 757 g/mol. The quantitative estimate of drug-likeness (QED) is 0.161. The van der Waals surface area contributed by atoms with Gasteiger partial charge in [-0.1, -0.05) is 158 Å². The molecular formula is C57H36N4O. The van der Waals surface area contributed by atoms with Gasteiger partial charge in [-0.25, -0.2) is 15.0 Å². The van der Waals surface area contributed by atoms with E-state index in [0.717, 1.165) is 94.1 Å². The van der Waals surface area contributed by atoms with Crippen LogP contribution in [0.5, 0.6) is 0 Å². The highest BCUT2D eigenvalue weighted by molar-refractivity contribution is 6.17. The Morgan fingerprint density at radius 2 is 0.710 bits per heavy atom. The Morgan fingerprint density at radius 1 is 0.274 bits per heavy atom. The van der Waals surface area contributed by atoms with Crippen molar-refractivity contribution in [3.8, 4) is 73.2 Å². The molecule has 12 rings (SSSR count). The third-order valence-electron chi connectivity index (χ3n) is 11.8. The molecule has 3 heterocycles. The first-order chi connectivity index (χ1) is 30.7. The van der Waals surface area contributed by atoms with Gasteiger partial charge < -0.3 is 8.98 Å². The Kier molecular flexibility index (Phi) is 8.42. The number of para-hydroxylation sites is 2. The SMILES string of the molecule is c1ccc(-c2cc(-c3cc(-c4ccccc4)cc(-n4c5ccccc5c5cc6oc7ccccc7c6cc54)c3)cc(-c3nc(-c4ccccc4)nc(-c4ccccc4)n3)c2)cc1. The highest BCUT2D eigenvalue weighted by Crippen LogP contribution is 2.41. The molecule has 0 unspecified atom stereocenters. The van der Waals surface area contributed by atoms with E-state index in [-0.39, 0.29) is 0 Å². The summed E-state index contributed by atoms with van der Waals surface area (Å²) in [5, 5.41) is 4.52. The lowest BCUT2D eigenvalue weighted by molar-refractivity contribution is 0.669. The van der Waals surface area contributed by atoms with Crippen LogP contribution in [0.25, 0.3) is 117 Å². The van der Waals surface area contributed by atoms with Crippen LogP contribution in [0.15, 0.2) is 223 Å². The fraction of sp³-hybridized carbons (Fsp3) is 0. The summed E-state index contributed by atoms with van der Waals surface area (Å²) < 4.78 is 8.83. The summed E-state index contributed by atoms with van der Waals surface area (Å²) in [5.41, 5.74) is 14.4. The lowest BCUT2D eigenvalue weighted by Crippen LogP contribution is -2.00. The van der Waals surface area contributed by atoms with Crippen LogP contribution >= 0.6 is 0 Å². The summed E-state index contributed by atoms with van der Waals surface area (Å²) in [6.45, 7) is 0. The Morgan fingerprint density at radius 3 is 1.31 bits per heavy atom. The molecule has 0 aliphatic rings. The van der Waals surface area contributed by atoms with Gasteiger partial charge >= 0.3 is 0 Å². The molecule has 0 atom stereocenters. The van der Waals surface area contributed by atoms with Crippen molar-refractivity contribution in [3.05, 3.63) is 218 Å². The van der Waals surface area contributed by atoms with Crippen LogP contribution in [0.2, 0.25) is 0 Å². The molecule has 0 radical (unpaired) electrons. The van der Waals surface area contributed by atoms with E-state index in [9.17, 15) is 0 Å². The van der Waals surface area contributed by atoms with Gasteiger partial charge in [0.2, 0.25) is 0 Å². The monoisotopic (exact) mass is 792 g/mol. The summed E-state index contributed by atoms with van der Waals surface area (Å²) >= 11 is 0. The number of hydrogen-bond donors (Lipinski definition) is 0. The molecule has 0 fully saturated rings. The van der Waals surface area contributed by atoms with E-state index < -0.39 is 0 Å². The van der Waals surface area contributed by atoms with E-state index in [1.165, 1.54) is 5.39 Å². The molecule has 0 bridgehead atoms. The summed E-state index contributed by atoms with van der Waals surface area (Å²) in [7, 11) is 0. The molecule has 0 amide bonds. The number of furan rings is 1. The van der Waals surface area contributed by atoms with E-state index in [1.54, 1.807) is 0 Å². The maximum Gasteiger partial charge on any atom is 0.164 e. The topological polar surface area (TPSA) is 56.7 Å². The van der Waals surface area contributed by atoms with E-state index in [0.29, 0.717) is 17.5 Å². The number of rotatable bonds is 7. The molecule has 62 heavy (non-hydrogen) atoms. The van der Waals surface area contributed by atoms with Gasteiger partial charge in [-0.3, -0.25) is 0 Å². The Balaban J connectivity index is 1.12. The molecule has 12 aromatic rings. The third kappa shape index (κ3) is 6.23. The van der Waals surface area contributed by atoms with Crippen molar-refractivity contribution >= 4 is 43.7 Å². The zero-order chi connectivity index (χ0) is 41.0. The summed E-state index contributed by atoms with van der Waals surface area (Å²) in [6, 6.07) is 76.6. The van der Waals surface area contributed by atoms with Crippen molar-refractivity contribution in [1.29, 1.82) is 0 Å². The van der Waals surface area contributed by atoms with Gasteiger partial charge in [0.15, 0.2) is 17.5 Å². The largest absolute Gasteiger partial charge is 0.456 e. The lowest BCUT2D eigenvalue weighted by atomic mass is 9.93. The van der Waals surface area contributed by atoms with Crippen molar-refractivity contribution in [2.45, 2.75) is 0 Å². The zero-order valence-electron chi connectivity index (χ0n) is 33.5. The van der Waals surface area contributed by atoms with E-state index in [2.05, 4.69) is 150 Å². The first kappa shape index (κ1) is 35.5. The van der Waals surface area contributed by atoms with Gasteiger partial charge in [0.25, 0.3) is 0 Å². The van der Waals surface area contributed by atoms with Gasteiger partial charge in [-0.2, -0.15) is 0 Å². The number of fused-ring (bicyclic) bond motifs is 6. The first-order valence-electron chi connectivity index (χ1n) is 20.8.